The van der Waals surface area contributed by atoms with Crippen LogP contribution in [0.4, 0.5) is 0 Å². The molecule has 146 valence electrons. The smallest absolute Gasteiger partial charge is 0.224 e. The van der Waals surface area contributed by atoms with E-state index in [4.69, 9.17) is 21.1 Å². The number of H-pyrrole nitrogens is 1. The van der Waals surface area contributed by atoms with Crippen molar-refractivity contribution in [1.29, 1.82) is 0 Å². The monoisotopic (exact) mass is 399 g/mol. The highest BCUT2D eigenvalue weighted by Crippen LogP contribution is 2.28. The van der Waals surface area contributed by atoms with Crippen molar-refractivity contribution in [2.75, 3.05) is 14.2 Å². The minimum absolute atomic E-state index is 0.0884. The number of nitrogens with zero attached hydrogens (tertiary/aromatic N) is 1. The van der Waals surface area contributed by atoms with Crippen molar-refractivity contribution in [3.05, 3.63) is 64.3 Å². The molecule has 0 aliphatic heterocycles. The number of nitrogens with one attached hydrogen (secondary N) is 2. The van der Waals surface area contributed by atoms with Crippen LogP contribution < -0.4 is 14.8 Å². The van der Waals surface area contributed by atoms with Gasteiger partial charge in [0.1, 0.15) is 0 Å². The lowest BCUT2D eigenvalue weighted by Gasteiger charge is -2.11. The average Bonchev–Trinajstić information content (AvgIpc) is 3.07. The molecular weight excluding hydrogens is 378 g/mol. The number of ether oxygens (including phenoxy) is 2. The van der Waals surface area contributed by atoms with Gasteiger partial charge in [-0.1, -0.05) is 29.8 Å². The number of amides is 1. The van der Waals surface area contributed by atoms with Crippen LogP contribution in [-0.4, -0.2) is 30.3 Å². The second-order valence-electron chi connectivity index (χ2n) is 6.33. The molecule has 0 aliphatic rings. The first-order chi connectivity index (χ1) is 13.5. The van der Waals surface area contributed by atoms with Crippen LogP contribution in [0.15, 0.2) is 42.5 Å². The summed E-state index contributed by atoms with van der Waals surface area (Å²) in [4.78, 5) is 12.5. The highest BCUT2D eigenvalue weighted by molar-refractivity contribution is 6.30. The number of hydrogen-bond acceptors (Lipinski definition) is 4. The zero-order chi connectivity index (χ0) is 20.1. The Balaban J connectivity index is 1.69. The van der Waals surface area contributed by atoms with Gasteiger partial charge in [0.2, 0.25) is 5.91 Å². The number of rotatable bonds is 7. The maximum atomic E-state index is 12.5. The molecule has 0 bridgehead atoms. The largest absolute Gasteiger partial charge is 0.493 e. The van der Waals surface area contributed by atoms with Crippen molar-refractivity contribution in [2.24, 2.45) is 0 Å². The van der Waals surface area contributed by atoms with Gasteiger partial charge in [0, 0.05) is 28.4 Å². The summed E-state index contributed by atoms with van der Waals surface area (Å²) in [6, 6.07) is 13.0. The van der Waals surface area contributed by atoms with Crippen molar-refractivity contribution in [3.63, 3.8) is 0 Å². The van der Waals surface area contributed by atoms with E-state index in [2.05, 4.69) is 15.5 Å². The fourth-order valence-corrected chi connectivity index (χ4v) is 3.06. The maximum Gasteiger partial charge on any atom is 0.224 e. The number of carbonyl (C=O) groups is 1. The number of methoxy groups -OCH3 is 2. The molecule has 2 aromatic carbocycles. The zero-order valence-corrected chi connectivity index (χ0v) is 16.8. The van der Waals surface area contributed by atoms with Crippen LogP contribution >= 0.6 is 11.6 Å². The van der Waals surface area contributed by atoms with E-state index in [1.54, 1.807) is 14.2 Å². The molecule has 0 fully saturated rings. The Hall–Kier alpha value is -2.99. The quantitative estimate of drug-likeness (QED) is 0.631. The van der Waals surface area contributed by atoms with E-state index in [9.17, 15) is 4.79 Å². The molecule has 28 heavy (non-hydrogen) atoms. The highest BCUT2D eigenvalue weighted by Gasteiger charge is 2.16. The first kappa shape index (κ1) is 19.8. The van der Waals surface area contributed by atoms with Crippen molar-refractivity contribution in [1.82, 2.24) is 15.5 Å². The lowest BCUT2D eigenvalue weighted by molar-refractivity contribution is -0.120. The molecule has 0 radical (unpaired) electrons. The third-order valence-electron chi connectivity index (χ3n) is 4.47. The Morgan fingerprint density at radius 3 is 2.50 bits per heavy atom. The van der Waals surface area contributed by atoms with Crippen LogP contribution in [-0.2, 0) is 17.8 Å². The zero-order valence-electron chi connectivity index (χ0n) is 16.0. The van der Waals surface area contributed by atoms with E-state index in [1.807, 2.05) is 49.4 Å². The van der Waals surface area contributed by atoms with Crippen molar-refractivity contribution in [2.45, 2.75) is 19.9 Å². The van der Waals surface area contributed by atoms with E-state index in [1.165, 1.54) is 0 Å². The maximum absolute atomic E-state index is 12.5. The molecule has 6 nitrogen and oxygen atoms in total. The van der Waals surface area contributed by atoms with E-state index in [-0.39, 0.29) is 12.3 Å². The topological polar surface area (TPSA) is 76.2 Å². The third-order valence-corrected chi connectivity index (χ3v) is 4.72. The molecule has 3 aromatic rings. The van der Waals surface area contributed by atoms with Crippen LogP contribution in [0.25, 0.3) is 11.3 Å². The number of aromatic nitrogens is 2. The summed E-state index contributed by atoms with van der Waals surface area (Å²) in [5, 5.41) is 10.9. The molecule has 0 saturated heterocycles. The van der Waals surface area contributed by atoms with Gasteiger partial charge < -0.3 is 14.8 Å². The number of aromatic amines is 1. The standard InChI is InChI=1S/C21H22ClN3O3/c1-13-17(21(25-24-13)15-5-7-16(22)8-6-15)11-20(26)23-12-14-4-9-18(27-2)19(10-14)28-3/h4-10H,11-12H2,1-3H3,(H,23,26)(H,24,25). The lowest BCUT2D eigenvalue weighted by Crippen LogP contribution is -2.25. The Kier molecular flexibility index (Phi) is 6.21. The van der Waals surface area contributed by atoms with Crippen LogP contribution in [0.2, 0.25) is 5.02 Å². The first-order valence-electron chi connectivity index (χ1n) is 8.79. The van der Waals surface area contributed by atoms with Gasteiger partial charge >= 0.3 is 0 Å². The number of hydrogen-bond donors (Lipinski definition) is 2. The van der Waals surface area contributed by atoms with Gasteiger partial charge in [0.05, 0.1) is 26.3 Å². The molecule has 7 heteroatoms. The second kappa shape index (κ2) is 8.80. The van der Waals surface area contributed by atoms with Gasteiger partial charge in [-0.05, 0) is 36.8 Å². The van der Waals surface area contributed by atoms with E-state index in [0.29, 0.717) is 23.1 Å². The van der Waals surface area contributed by atoms with Crippen LogP contribution in [0, 0.1) is 6.92 Å². The van der Waals surface area contributed by atoms with Crippen molar-refractivity contribution >= 4 is 17.5 Å². The molecule has 0 aliphatic carbocycles. The fraction of sp³-hybridized carbons (Fsp3) is 0.238. The summed E-state index contributed by atoms with van der Waals surface area (Å²) in [6.45, 7) is 2.30. The molecule has 1 amide bonds. The van der Waals surface area contributed by atoms with Gasteiger partial charge in [-0.25, -0.2) is 0 Å². The van der Waals surface area contributed by atoms with Gasteiger partial charge in [-0.3, -0.25) is 9.89 Å². The van der Waals surface area contributed by atoms with E-state index < -0.39 is 0 Å². The normalized spacial score (nSPS) is 10.6. The summed E-state index contributed by atoms with van der Waals surface area (Å²) >= 11 is 5.96. The molecule has 3 rings (SSSR count). The Morgan fingerprint density at radius 1 is 1.11 bits per heavy atom. The Morgan fingerprint density at radius 2 is 1.82 bits per heavy atom. The van der Waals surface area contributed by atoms with Gasteiger partial charge in [-0.2, -0.15) is 5.10 Å². The third kappa shape index (κ3) is 4.46. The number of halogens is 1. The van der Waals surface area contributed by atoms with Crippen LogP contribution in [0.5, 0.6) is 11.5 Å². The van der Waals surface area contributed by atoms with E-state index in [0.717, 1.165) is 28.1 Å². The fourth-order valence-electron chi connectivity index (χ4n) is 2.93. The van der Waals surface area contributed by atoms with Crippen molar-refractivity contribution < 1.29 is 14.3 Å². The minimum atomic E-state index is -0.0884. The SMILES string of the molecule is COc1ccc(CNC(=O)Cc2c(-c3ccc(Cl)cc3)n[nH]c2C)cc1OC. The minimum Gasteiger partial charge on any atom is -0.493 e. The summed E-state index contributed by atoms with van der Waals surface area (Å²) < 4.78 is 10.5. The van der Waals surface area contributed by atoms with Gasteiger partial charge in [0.15, 0.2) is 11.5 Å². The molecular formula is C21H22ClN3O3. The molecule has 0 unspecified atom stereocenters. The summed E-state index contributed by atoms with van der Waals surface area (Å²) in [6.07, 6.45) is 0.230. The Bertz CT molecular complexity index is 968. The molecule has 1 aromatic heterocycles. The molecule has 0 spiro atoms. The first-order valence-corrected chi connectivity index (χ1v) is 9.17. The van der Waals surface area contributed by atoms with Crippen LogP contribution in [0.3, 0.4) is 0 Å². The summed E-state index contributed by atoms with van der Waals surface area (Å²) in [7, 11) is 3.17. The van der Waals surface area contributed by atoms with Gasteiger partial charge in [-0.15, -0.1) is 0 Å². The summed E-state index contributed by atoms with van der Waals surface area (Å²) in [5.74, 6) is 1.19. The molecule has 1 heterocycles. The average molecular weight is 400 g/mol. The van der Waals surface area contributed by atoms with Gasteiger partial charge in [0.25, 0.3) is 0 Å². The summed E-state index contributed by atoms with van der Waals surface area (Å²) in [5.41, 5.74) is 4.33. The molecule has 0 atom stereocenters. The van der Waals surface area contributed by atoms with Crippen LogP contribution in [0.1, 0.15) is 16.8 Å². The van der Waals surface area contributed by atoms with Crippen molar-refractivity contribution in [3.8, 4) is 22.8 Å². The predicted octanol–water partition coefficient (Wildman–Crippen LogP) is 3.91. The number of carbonyl (C=O) groups excluding carboxylic acids is 1. The predicted molar refractivity (Wildman–Crippen MR) is 109 cm³/mol. The Labute approximate surface area is 168 Å². The van der Waals surface area contributed by atoms with E-state index >= 15 is 0 Å². The molecule has 2 N–H and O–H groups in total. The highest BCUT2D eigenvalue weighted by atomic mass is 35.5. The number of aryl methyl sites for hydroxylation is 1. The second-order valence-corrected chi connectivity index (χ2v) is 6.76. The number of benzene rings is 2. The molecule has 0 saturated carbocycles. The lowest BCUT2D eigenvalue weighted by atomic mass is 10.0.